The summed E-state index contributed by atoms with van der Waals surface area (Å²) >= 11 is 1.48. The summed E-state index contributed by atoms with van der Waals surface area (Å²) < 4.78 is 0. The number of benzene rings is 1. The summed E-state index contributed by atoms with van der Waals surface area (Å²) in [6, 6.07) is 9.93. The molecule has 14 heavy (non-hydrogen) atoms. The highest BCUT2D eigenvalue weighted by atomic mass is 32.2. The van der Waals surface area contributed by atoms with Crippen LogP contribution in [0.5, 0.6) is 0 Å². The Kier molecular flexibility index (Phi) is 4.53. The zero-order valence-electron chi connectivity index (χ0n) is 8.14. The summed E-state index contributed by atoms with van der Waals surface area (Å²) in [4.78, 5) is 10.7. The highest BCUT2D eigenvalue weighted by molar-refractivity contribution is 7.99. The number of aliphatic carboxylic acids is 1. The van der Waals surface area contributed by atoms with E-state index >= 15 is 0 Å². The topological polar surface area (TPSA) is 37.3 Å². The molecule has 0 aliphatic heterocycles. The van der Waals surface area contributed by atoms with Crippen LogP contribution in [0.15, 0.2) is 30.3 Å². The minimum absolute atomic E-state index is 0.282. The maximum atomic E-state index is 10.7. The molecular weight excluding hydrogens is 196 g/mol. The second kappa shape index (κ2) is 5.70. The molecule has 1 N–H and O–H groups in total. The van der Waals surface area contributed by atoms with Gasteiger partial charge in [0.25, 0.3) is 0 Å². The molecule has 1 aromatic rings. The van der Waals surface area contributed by atoms with Gasteiger partial charge in [-0.15, -0.1) is 11.8 Å². The average molecular weight is 210 g/mol. The largest absolute Gasteiger partial charge is 0.480 e. The Morgan fingerprint density at radius 1 is 1.43 bits per heavy atom. The Bertz CT molecular complexity index is 285. The monoisotopic (exact) mass is 210 g/mol. The van der Waals surface area contributed by atoms with Gasteiger partial charge in [-0.25, -0.2) is 0 Å². The maximum absolute atomic E-state index is 10.7. The fourth-order valence-electron chi connectivity index (χ4n) is 1.13. The zero-order valence-corrected chi connectivity index (χ0v) is 8.96. The van der Waals surface area contributed by atoms with Gasteiger partial charge in [-0.2, -0.15) is 0 Å². The second-order valence-electron chi connectivity index (χ2n) is 3.03. The molecule has 1 atom stereocenters. The number of carboxylic acids is 1. The Morgan fingerprint density at radius 2 is 2.07 bits per heavy atom. The summed E-state index contributed by atoms with van der Waals surface area (Å²) in [6.45, 7) is 1.90. The van der Waals surface area contributed by atoms with Gasteiger partial charge in [0, 0.05) is 5.75 Å². The van der Waals surface area contributed by atoms with Crippen LogP contribution >= 0.6 is 11.8 Å². The van der Waals surface area contributed by atoms with Crippen molar-refractivity contribution in [3.05, 3.63) is 35.9 Å². The molecular formula is C11H14O2S. The van der Waals surface area contributed by atoms with Crippen molar-refractivity contribution in [3.8, 4) is 0 Å². The number of hydrogen-bond donors (Lipinski definition) is 1. The molecule has 0 aliphatic carbocycles. The lowest BCUT2D eigenvalue weighted by Crippen LogP contribution is -2.14. The van der Waals surface area contributed by atoms with Crippen LogP contribution < -0.4 is 0 Å². The van der Waals surface area contributed by atoms with Crippen molar-refractivity contribution >= 4 is 17.7 Å². The molecule has 0 aliphatic rings. The van der Waals surface area contributed by atoms with Crippen molar-refractivity contribution in [2.75, 3.05) is 0 Å². The van der Waals surface area contributed by atoms with E-state index in [0.29, 0.717) is 6.42 Å². The van der Waals surface area contributed by atoms with Crippen LogP contribution in [-0.2, 0) is 10.5 Å². The smallest absolute Gasteiger partial charge is 0.316 e. The van der Waals surface area contributed by atoms with Gasteiger partial charge in [0.2, 0.25) is 0 Å². The molecule has 0 spiro atoms. The number of thioether (sulfide) groups is 1. The quantitative estimate of drug-likeness (QED) is 0.812. The lowest BCUT2D eigenvalue weighted by molar-refractivity contribution is -0.136. The summed E-state index contributed by atoms with van der Waals surface area (Å²) in [6.07, 6.45) is 0.673. The standard InChI is InChI=1S/C11H14O2S/c1-2-10(11(12)13)14-8-9-6-4-3-5-7-9/h3-7,10H,2,8H2,1H3,(H,12,13). The molecule has 0 heterocycles. The Morgan fingerprint density at radius 3 is 2.57 bits per heavy atom. The molecule has 0 aromatic heterocycles. The third-order valence-corrected chi connectivity index (χ3v) is 3.38. The summed E-state index contributed by atoms with van der Waals surface area (Å²) in [5, 5.41) is 8.55. The van der Waals surface area contributed by atoms with Gasteiger partial charge < -0.3 is 5.11 Å². The van der Waals surface area contributed by atoms with Gasteiger partial charge in [-0.05, 0) is 12.0 Å². The van der Waals surface area contributed by atoms with Crippen LogP contribution in [0.25, 0.3) is 0 Å². The van der Waals surface area contributed by atoms with E-state index in [1.807, 2.05) is 37.3 Å². The van der Waals surface area contributed by atoms with E-state index < -0.39 is 5.97 Å². The van der Waals surface area contributed by atoms with Crippen molar-refractivity contribution in [2.45, 2.75) is 24.3 Å². The van der Waals surface area contributed by atoms with Crippen LogP contribution in [0.1, 0.15) is 18.9 Å². The number of hydrogen-bond acceptors (Lipinski definition) is 2. The van der Waals surface area contributed by atoms with E-state index in [4.69, 9.17) is 5.11 Å². The maximum Gasteiger partial charge on any atom is 0.316 e. The van der Waals surface area contributed by atoms with Gasteiger partial charge in [-0.3, -0.25) is 4.79 Å². The van der Waals surface area contributed by atoms with E-state index in [1.165, 1.54) is 17.3 Å². The predicted octanol–water partition coefficient (Wildman–Crippen LogP) is 2.78. The SMILES string of the molecule is CCC(SCc1ccccc1)C(=O)O. The highest BCUT2D eigenvalue weighted by Gasteiger charge is 2.14. The van der Waals surface area contributed by atoms with Gasteiger partial charge in [0.1, 0.15) is 5.25 Å². The molecule has 0 saturated heterocycles. The highest BCUT2D eigenvalue weighted by Crippen LogP contribution is 2.20. The molecule has 0 bridgehead atoms. The normalized spacial score (nSPS) is 12.4. The predicted molar refractivity (Wildman–Crippen MR) is 59.5 cm³/mol. The lowest BCUT2D eigenvalue weighted by atomic mass is 10.2. The van der Waals surface area contributed by atoms with Crippen LogP contribution in [0, 0.1) is 0 Å². The molecule has 0 amide bonds. The van der Waals surface area contributed by atoms with Crippen molar-refractivity contribution < 1.29 is 9.90 Å². The third kappa shape index (κ3) is 3.42. The van der Waals surface area contributed by atoms with E-state index in [9.17, 15) is 4.79 Å². The van der Waals surface area contributed by atoms with Crippen molar-refractivity contribution in [2.24, 2.45) is 0 Å². The molecule has 76 valence electrons. The molecule has 3 heteroatoms. The Hall–Kier alpha value is -0.960. The van der Waals surface area contributed by atoms with Gasteiger partial charge in [0.05, 0.1) is 0 Å². The third-order valence-electron chi connectivity index (χ3n) is 1.94. The molecule has 0 fully saturated rings. The van der Waals surface area contributed by atoms with Crippen LogP contribution in [-0.4, -0.2) is 16.3 Å². The molecule has 0 radical (unpaired) electrons. The first kappa shape index (κ1) is 11.1. The summed E-state index contributed by atoms with van der Waals surface area (Å²) in [5.41, 5.74) is 1.18. The first-order valence-electron chi connectivity index (χ1n) is 4.62. The number of rotatable bonds is 5. The molecule has 1 rings (SSSR count). The first-order valence-corrected chi connectivity index (χ1v) is 5.67. The molecule has 1 aromatic carbocycles. The fraction of sp³-hybridized carbons (Fsp3) is 0.364. The number of carbonyl (C=O) groups is 1. The number of carboxylic acid groups (broad SMARTS) is 1. The van der Waals surface area contributed by atoms with E-state index in [2.05, 4.69) is 0 Å². The minimum Gasteiger partial charge on any atom is -0.480 e. The molecule has 1 unspecified atom stereocenters. The van der Waals surface area contributed by atoms with Crippen molar-refractivity contribution in [1.82, 2.24) is 0 Å². The average Bonchev–Trinajstić information content (AvgIpc) is 2.20. The Balaban J connectivity index is 2.44. The summed E-state index contributed by atoms with van der Waals surface area (Å²) in [7, 11) is 0. The molecule has 2 nitrogen and oxygen atoms in total. The lowest BCUT2D eigenvalue weighted by Gasteiger charge is -2.08. The van der Waals surface area contributed by atoms with E-state index in [-0.39, 0.29) is 5.25 Å². The van der Waals surface area contributed by atoms with Crippen LogP contribution in [0.4, 0.5) is 0 Å². The van der Waals surface area contributed by atoms with E-state index in [1.54, 1.807) is 0 Å². The summed E-state index contributed by atoms with van der Waals surface area (Å²) in [5.74, 6) is 0.0551. The van der Waals surface area contributed by atoms with Crippen molar-refractivity contribution in [1.29, 1.82) is 0 Å². The Labute approximate surface area is 88.3 Å². The van der Waals surface area contributed by atoms with Crippen LogP contribution in [0.3, 0.4) is 0 Å². The van der Waals surface area contributed by atoms with Gasteiger partial charge in [0.15, 0.2) is 0 Å². The minimum atomic E-state index is -0.714. The van der Waals surface area contributed by atoms with Gasteiger partial charge in [-0.1, -0.05) is 37.3 Å². The van der Waals surface area contributed by atoms with E-state index in [0.717, 1.165) is 5.75 Å². The second-order valence-corrected chi connectivity index (χ2v) is 4.22. The zero-order chi connectivity index (χ0) is 10.4. The molecule has 0 saturated carbocycles. The van der Waals surface area contributed by atoms with Crippen molar-refractivity contribution in [3.63, 3.8) is 0 Å². The van der Waals surface area contributed by atoms with Crippen LogP contribution in [0.2, 0.25) is 0 Å². The fourth-order valence-corrected chi connectivity index (χ4v) is 2.10. The van der Waals surface area contributed by atoms with Gasteiger partial charge >= 0.3 is 5.97 Å². The first-order chi connectivity index (χ1) is 6.74.